The van der Waals surface area contributed by atoms with Gasteiger partial charge in [0.15, 0.2) is 0 Å². The maximum absolute atomic E-state index is 4.39. The largest absolute Gasteiger partial charge is 0.310 e. The van der Waals surface area contributed by atoms with Crippen molar-refractivity contribution in [2.24, 2.45) is 5.92 Å². The molecule has 1 aliphatic carbocycles. The first-order valence-electron chi connectivity index (χ1n) is 8.43. The van der Waals surface area contributed by atoms with E-state index < -0.39 is 0 Å². The van der Waals surface area contributed by atoms with Gasteiger partial charge < -0.3 is 5.32 Å². The van der Waals surface area contributed by atoms with Crippen molar-refractivity contribution in [3.63, 3.8) is 0 Å². The molecule has 2 heteroatoms. The molecule has 1 aromatic heterocycles. The summed E-state index contributed by atoms with van der Waals surface area (Å²) < 4.78 is 0. The second kappa shape index (κ2) is 7.04. The number of nitrogens with zero attached hydrogens (tertiary/aromatic N) is 1. The second-order valence-electron chi connectivity index (χ2n) is 6.31. The molecule has 0 spiro atoms. The standard InChI is InChI=1S/C19H26N2/c1-2-19(15-8-4-3-5-9-15)21-14-17-13-20-12-16-10-6-7-11-18(16)17/h6-7,10-13,15,19,21H,2-5,8-9,14H2,1H3. The molecule has 1 heterocycles. The van der Waals surface area contributed by atoms with E-state index in [1.807, 2.05) is 12.4 Å². The van der Waals surface area contributed by atoms with Gasteiger partial charge >= 0.3 is 0 Å². The molecule has 1 unspecified atom stereocenters. The van der Waals surface area contributed by atoms with Gasteiger partial charge in [-0.2, -0.15) is 0 Å². The molecule has 2 nitrogen and oxygen atoms in total. The molecular weight excluding hydrogens is 256 g/mol. The van der Waals surface area contributed by atoms with E-state index in [4.69, 9.17) is 0 Å². The van der Waals surface area contributed by atoms with Crippen LogP contribution in [0.2, 0.25) is 0 Å². The summed E-state index contributed by atoms with van der Waals surface area (Å²) in [5, 5.41) is 6.38. The number of benzene rings is 1. The highest BCUT2D eigenvalue weighted by atomic mass is 14.9. The summed E-state index contributed by atoms with van der Waals surface area (Å²) >= 11 is 0. The van der Waals surface area contributed by atoms with E-state index in [0.717, 1.165) is 12.5 Å². The smallest absolute Gasteiger partial charge is 0.0346 e. The predicted molar refractivity (Wildman–Crippen MR) is 89.2 cm³/mol. The SMILES string of the molecule is CCC(NCc1cncc2ccccc12)C1CCCCC1. The summed E-state index contributed by atoms with van der Waals surface area (Å²) in [6.45, 7) is 3.25. The molecule has 21 heavy (non-hydrogen) atoms. The first-order chi connectivity index (χ1) is 10.4. The van der Waals surface area contributed by atoms with Crippen LogP contribution in [-0.4, -0.2) is 11.0 Å². The van der Waals surface area contributed by atoms with Crippen molar-refractivity contribution in [1.29, 1.82) is 0 Å². The number of fused-ring (bicyclic) bond motifs is 1. The van der Waals surface area contributed by atoms with Crippen molar-refractivity contribution in [2.45, 2.75) is 58.0 Å². The average molecular weight is 282 g/mol. The number of pyridine rings is 1. The van der Waals surface area contributed by atoms with Gasteiger partial charge in [-0.1, -0.05) is 50.5 Å². The van der Waals surface area contributed by atoms with E-state index in [-0.39, 0.29) is 0 Å². The van der Waals surface area contributed by atoms with Crippen molar-refractivity contribution in [2.75, 3.05) is 0 Å². The molecule has 0 saturated heterocycles. The number of hydrogen-bond donors (Lipinski definition) is 1. The van der Waals surface area contributed by atoms with Crippen LogP contribution in [0.15, 0.2) is 36.7 Å². The normalized spacial score (nSPS) is 18.0. The fourth-order valence-corrected chi connectivity index (χ4v) is 3.74. The lowest BCUT2D eigenvalue weighted by molar-refractivity contribution is 0.262. The van der Waals surface area contributed by atoms with Crippen LogP contribution in [0.4, 0.5) is 0 Å². The maximum atomic E-state index is 4.39. The van der Waals surface area contributed by atoms with E-state index in [9.17, 15) is 0 Å². The van der Waals surface area contributed by atoms with Gasteiger partial charge in [-0.05, 0) is 36.1 Å². The highest BCUT2D eigenvalue weighted by Gasteiger charge is 2.21. The number of aromatic nitrogens is 1. The highest BCUT2D eigenvalue weighted by molar-refractivity contribution is 5.84. The number of nitrogens with one attached hydrogen (secondary N) is 1. The fourth-order valence-electron chi connectivity index (χ4n) is 3.74. The first kappa shape index (κ1) is 14.5. The van der Waals surface area contributed by atoms with Gasteiger partial charge in [0.25, 0.3) is 0 Å². The highest BCUT2D eigenvalue weighted by Crippen LogP contribution is 2.28. The van der Waals surface area contributed by atoms with Gasteiger partial charge in [0.2, 0.25) is 0 Å². The Balaban J connectivity index is 1.70. The minimum absolute atomic E-state index is 0.657. The molecule has 2 aromatic rings. The zero-order chi connectivity index (χ0) is 14.5. The molecule has 3 rings (SSSR count). The molecule has 0 amide bonds. The lowest BCUT2D eigenvalue weighted by atomic mass is 9.83. The first-order valence-corrected chi connectivity index (χ1v) is 8.43. The topological polar surface area (TPSA) is 24.9 Å². The van der Waals surface area contributed by atoms with Crippen LogP contribution in [0, 0.1) is 5.92 Å². The van der Waals surface area contributed by atoms with Gasteiger partial charge in [-0.3, -0.25) is 4.98 Å². The van der Waals surface area contributed by atoms with Gasteiger partial charge in [-0.25, -0.2) is 0 Å². The van der Waals surface area contributed by atoms with Crippen LogP contribution in [0.25, 0.3) is 10.8 Å². The Morgan fingerprint density at radius 2 is 1.95 bits per heavy atom. The molecular formula is C19H26N2. The molecule has 0 aliphatic heterocycles. The molecule has 0 radical (unpaired) electrons. The van der Waals surface area contributed by atoms with Gasteiger partial charge in [0.05, 0.1) is 0 Å². The molecule has 1 saturated carbocycles. The molecule has 112 valence electrons. The maximum Gasteiger partial charge on any atom is 0.0346 e. The third-order valence-electron chi connectivity index (χ3n) is 4.96. The molecule has 1 atom stereocenters. The van der Waals surface area contributed by atoms with Crippen LogP contribution in [-0.2, 0) is 6.54 Å². The Kier molecular flexibility index (Phi) is 4.87. The van der Waals surface area contributed by atoms with E-state index >= 15 is 0 Å². The van der Waals surface area contributed by atoms with Gasteiger partial charge in [0, 0.05) is 30.4 Å². The van der Waals surface area contributed by atoms with Gasteiger partial charge in [-0.15, -0.1) is 0 Å². The van der Waals surface area contributed by atoms with Crippen molar-refractivity contribution >= 4 is 10.8 Å². The second-order valence-corrected chi connectivity index (χ2v) is 6.31. The Labute approximate surface area is 128 Å². The van der Waals surface area contributed by atoms with E-state index in [2.05, 4.69) is 41.5 Å². The van der Waals surface area contributed by atoms with Crippen molar-refractivity contribution in [1.82, 2.24) is 10.3 Å². The van der Waals surface area contributed by atoms with E-state index in [1.54, 1.807) is 0 Å². The molecule has 1 aromatic carbocycles. The molecule has 1 N–H and O–H groups in total. The summed E-state index contributed by atoms with van der Waals surface area (Å²) in [6.07, 6.45) is 12.3. The van der Waals surface area contributed by atoms with Crippen LogP contribution < -0.4 is 5.32 Å². The average Bonchev–Trinajstić information content (AvgIpc) is 2.56. The lowest BCUT2D eigenvalue weighted by Crippen LogP contribution is -2.36. The van der Waals surface area contributed by atoms with Crippen LogP contribution in [0.1, 0.15) is 51.0 Å². The Hall–Kier alpha value is -1.41. The third-order valence-corrected chi connectivity index (χ3v) is 4.96. The summed E-state index contributed by atoms with van der Waals surface area (Å²) in [7, 11) is 0. The third kappa shape index (κ3) is 3.44. The summed E-state index contributed by atoms with van der Waals surface area (Å²) in [6, 6.07) is 9.20. The summed E-state index contributed by atoms with van der Waals surface area (Å²) in [4.78, 5) is 4.39. The number of hydrogen-bond acceptors (Lipinski definition) is 2. The summed E-state index contributed by atoms with van der Waals surface area (Å²) in [5.41, 5.74) is 1.32. The van der Waals surface area contributed by atoms with Crippen molar-refractivity contribution in [3.05, 3.63) is 42.2 Å². The quantitative estimate of drug-likeness (QED) is 0.861. The van der Waals surface area contributed by atoms with E-state index in [0.29, 0.717) is 6.04 Å². The lowest BCUT2D eigenvalue weighted by Gasteiger charge is -2.30. The predicted octanol–water partition coefficient (Wildman–Crippen LogP) is 4.68. The van der Waals surface area contributed by atoms with Crippen LogP contribution in [0.3, 0.4) is 0 Å². The zero-order valence-corrected chi connectivity index (χ0v) is 13.0. The minimum Gasteiger partial charge on any atom is -0.310 e. The Bertz CT molecular complexity index is 567. The molecule has 0 bridgehead atoms. The Morgan fingerprint density at radius 3 is 2.76 bits per heavy atom. The fraction of sp³-hybridized carbons (Fsp3) is 0.526. The van der Waals surface area contributed by atoms with Crippen molar-refractivity contribution < 1.29 is 0 Å². The zero-order valence-electron chi connectivity index (χ0n) is 13.0. The monoisotopic (exact) mass is 282 g/mol. The Morgan fingerprint density at radius 1 is 1.14 bits per heavy atom. The minimum atomic E-state index is 0.657. The molecule has 1 aliphatic rings. The van der Waals surface area contributed by atoms with Crippen LogP contribution >= 0.6 is 0 Å². The van der Waals surface area contributed by atoms with Crippen molar-refractivity contribution in [3.8, 4) is 0 Å². The van der Waals surface area contributed by atoms with Gasteiger partial charge in [0.1, 0.15) is 0 Å². The number of rotatable bonds is 5. The molecule has 1 fully saturated rings. The summed E-state index contributed by atoms with van der Waals surface area (Å²) in [5.74, 6) is 0.867. The van der Waals surface area contributed by atoms with E-state index in [1.165, 1.54) is 54.9 Å². The van der Waals surface area contributed by atoms with Crippen LogP contribution in [0.5, 0.6) is 0 Å².